The summed E-state index contributed by atoms with van der Waals surface area (Å²) in [6, 6.07) is 0.299. The van der Waals surface area contributed by atoms with Gasteiger partial charge in [0.2, 0.25) is 0 Å². The lowest BCUT2D eigenvalue weighted by atomic mass is 9.79. The van der Waals surface area contributed by atoms with Crippen molar-refractivity contribution >= 4 is 5.82 Å². The molecule has 2 N–H and O–H groups in total. The van der Waals surface area contributed by atoms with Crippen molar-refractivity contribution in [3.63, 3.8) is 0 Å². The van der Waals surface area contributed by atoms with Crippen molar-refractivity contribution in [2.24, 2.45) is 18.2 Å². The second kappa shape index (κ2) is 6.42. The minimum atomic E-state index is 0.174. The van der Waals surface area contributed by atoms with Gasteiger partial charge >= 0.3 is 0 Å². The van der Waals surface area contributed by atoms with Gasteiger partial charge < -0.3 is 15.4 Å². The number of hydrogen-bond donors (Lipinski definition) is 1. The van der Waals surface area contributed by atoms with E-state index in [9.17, 15) is 0 Å². The Bertz CT molecular complexity index is 547. The minimum absolute atomic E-state index is 0.174. The van der Waals surface area contributed by atoms with Gasteiger partial charge in [0.15, 0.2) is 0 Å². The third-order valence-corrected chi connectivity index (χ3v) is 5.40. The van der Waals surface area contributed by atoms with Crippen LogP contribution in [0.5, 0.6) is 0 Å². The first-order valence-corrected chi connectivity index (χ1v) is 8.71. The highest BCUT2D eigenvalue weighted by Crippen LogP contribution is 2.31. The number of ether oxygens (including phenoxy) is 1. The first-order valence-electron chi connectivity index (χ1n) is 8.71. The maximum absolute atomic E-state index is 6.28. The Balaban J connectivity index is 1.80. The van der Waals surface area contributed by atoms with Gasteiger partial charge in [-0.1, -0.05) is 13.8 Å². The number of anilines is 1. The predicted octanol–water partition coefficient (Wildman–Crippen LogP) is 1.12. The summed E-state index contributed by atoms with van der Waals surface area (Å²) in [4.78, 5) is 4.96. The van der Waals surface area contributed by atoms with Gasteiger partial charge in [-0.3, -0.25) is 9.58 Å². The molecule has 0 spiro atoms. The van der Waals surface area contributed by atoms with Crippen LogP contribution in [0.1, 0.15) is 31.5 Å². The van der Waals surface area contributed by atoms with E-state index in [-0.39, 0.29) is 5.41 Å². The van der Waals surface area contributed by atoms with Crippen LogP contribution in [0.4, 0.5) is 5.82 Å². The molecule has 130 valence electrons. The standard InChI is InChI=1S/C17H31N5O/c1-13-14(11-21-6-5-15(18)17(2,3)12-21)16(20(4)19-13)22-7-9-23-10-8-22/h15H,5-12,18H2,1-4H3. The van der Waals surface area contributed by atoms with Crippen LogP contribution in [-0.4, -0.2) is 60.1 Å². The molecular weight excluding hydrogens is 290 g/mol. The maximum atomic E-state index is 6.28. The van der Waals surface area contributed by atoms with Crippen LogP contribution in [-0.2, 0) is 18.3 Å². The zero-order valence-electron chi connectivity index (χ0n) is 15.0. The van der Waals surface area contributed by atoms with Gasteiger partial charge in [-0.15, -0.1) is 0 Å². The molecule has 2 aliphatic rings. The molecule has 0 saturated carbocycles. The second-order valence-electron chi connectivity index (χ2n) is 7.71. The lowest BCUT2D eigenvalue weighted by Crippen LogP contribution is -2.52. The third kappa shape index (κ3) is 3.39. The molecule has 2 saturated heterocycles. The average molecular weight is 321 g/mol. The Hall–Kier alpha value is -1.11. The van der Waals surface area contributed by atoms with Crippen molar-refractivity contribution in [1.29, 1.82) is 0 Å². The maximum Gasteiger partial charge on any atom is 0.131 e. The van der Waals surface area contributed by atoms with Crippen LogP contribution in [0, 0.1) is 12.3 Å². The summed E-state index contributed by atoms with van der Waals surface area (Å²) >= 11 is 0. The lowest BCUT2D eigenvalue weighted by Gasteiger charge is -2.43. The van der Waals surface area contributed by atoms with E-state index in [1.807, 2.05) is 4.68 Å². The molecule has 0 aliphatic carbocycles. The molecule has 23 heavy (non-hydrogen) atoms. The van der Waals surface area contributed by atoms with Crippen LogP contribution >= 0.6 is 0 Å². The topological polar surface area (TPSA) is 59.5 Å². The van der Waals surface area contributed by atoms with Crippen LogP contribution in [0.2, 0.25) is 0 Å². The van der Waals surface area contributed by atoms with Gasteiger partial charge in [-0.25, -0.2) is 0 Å². The molecule has 0 radical (unpaired) electrons. The molecular formula is C17H31N5O. The Labute approximate surface area is 139 Å². The molecule has 1 unspecified atom stereocenters. The highest BCUT2D eigenvalue weighted by Gasteiger charge is 2.34. The Morgan fingerprint density at radius 1 is 1.26 bits per heavy atom. The number of piperidine rings is 1. The van der Waals surface area contributed by atoms with E-state index < -0.39 is 0 Å². The first kappa shape index (κ1) is 16.7. The van der Waals surface area contributed by atoms with Crippen LogP contribution in [0.25, 0.3) is 0 Å². The summed E-state index contributed by atoms with van der Waals surface area (Å²) < 4.78 is 7.54. The number of aromatic nitrogens is 2. The van der Waals surface area contributed by atoms with Gasteiger partial charge in [0, 0.05) is 51.4 Å². The molecule has 2 aliphatic heterocycles. The Morgan fingerprint density at radius 2 is 1.96 bits per heavy atom. The van der Waals surface area contributed by atoms with Crippen molar-refractivity contribution in [1.82, 2.24) is 14.7 Å². The number of aryl methyl sites for hydroxylation is 2. The SMILES string of the molecule is Cc1nn(C)c(N2CCOCC2)c1CN1CCC(N)C(C)(C)C1. The van der Waals surface area contributed by atoms with E-state index in [0.717, 1.165) is 58.1 Å². The molecule has 6 heteroatoms. The highest BCUT2D eigenvalue weighted by molar-refractivity contribution is 5.50. The zero-order chi connectivity index (χ0) is 16.6. The minimum Gasteiger partial charge on any atom is -0.378 e. The number of likely N-dealkylation sites (tertiary alicyclic amines) is 1. The number of rotatable bonds is 3. The summed E-state index contributed by atoms with van der Waals surface area (Å²) in [5, 5.41) is 4.69. The van der Waals surface area contributed by atoms with Crippen molar-refractivity contribution in [3.8, 4) is 0 Å². The van der Waals surface area contributed by atoms with Crippen molar-refractivity contribution in [2.75, 3.05) is 44.3 Å². The van der Waals surface area contributed by atoms with Crippen molar-refractivity contribution in [2.45, 2.75) is 39.8 Å². The van der Waals surface area contributed by atoms with E-state index in [1.165, 1.54) is 11.4 Å². The molecule has 1 atom stereocenters. The first-order chi connectivity index (χ1) is 10.9. The van der Waals surface area contributed by atoms with E-state index in [4.69, 9.17) is 10.5 Å². The largest absolute Gasteiger partial charge is 0.378 e. The van der Waals surface area contributed by atoms with E-state index in [2.05, 4.69) is 42.7 Å². The van der Waals surface area contributed by atoms with Gasteiger partial charge in [0.25, 0.3) is 0 Å². The van der Waals surface area contributed by atoms with Gasteiger partial charge in [-0.05, 0) is 18.8 Å². The average Bonchev–Trinajstić information content (AvgIpc) is 2.78. The van der Waals surface area contributed by atoms with E-state index in [0.29, 0.717) is 6.04 Å². The fraction of sp³-hybridized carbons (Fsp3) is 0.824. The number of nitrogens with zero attached hydrogens (tertiary/aromatic N) is 4. The summed E-state index contributed by atoms with van der Waals surface area (Å²) in [6.07, 6.45) is 1.07. The third-order valence-electron chi connectivity index (χ3n) is 5.40. The van der Waals surface area contributed by atoms with Crippen molar-refractivity contribution < 1.29 is 4.74 Å². The molecule has 6 nitrogen and oxygen atoms in total. The highest BCUT2D eigenvalue weighted by atomic mass is 16.5. The summed E-state index contributed by atoms with van der Waals surface area (Å²) in [5.74, 6) is 1.26. The molecule has 0 bridgehead atoms. The fourth-order valence-electron chi connectivity index (χ4n) is 3.89. The normalized spacial score (nSPS) is 25.8. The smallest absolute Gasteiger partial charge is 0.131 e. The number of hydrogen-bond acceptors (Lipinski definition) is 5. The number of morpholine rings is 1. The molecule has 2 fully saturated rings. The quantitative estimate of drug-likeness (QED) is 0.904. The van der Waals surface area contributed by atoms with E-state index in [1.54, 1.807) is 0 Å². The molecule has 0 amide bonds. The van der Waals surface area contributed by atoms with Crippen LogP contribution in [0.3, 0.4) is 0 Å². The van der Waals surface area contributed by atoms with Crippen molar-refractivity contribution in [3.05, 3.63) is 11.3 Å². The van der Waals surface area contributed by atoms with Crippen LogP contribution < -0.4 is 10.6 Å². The summed E-state index contributed by atoms with van der Waals surface area (Å²) in [7, 11) is 2.05. The molecule has 1 aromatic heterocycles. The molecule has 3 heterocycles. The zero-order valence-corrected chi connectivity index (χ0v) is 15.0. The van der Waals surface area contributed by atoms with Gasteiger partial charge in [-0.2, -0.15) is 5.10 Å². The summed E-state index contributed by atoms with van der Waals surface area (Å²) in [5.41, 5.74) is 8.96. The molecule has 1 aromatic rings. The Kier molecular flexibility index (Phi) is 4.67. The second-order valence-corrected chi connectivity index (χ2v) is 7.71. The van der Waals surface area contributed by atoms with E-state index >= 15 is 0 Å². The predicted molar refractivity (Wildman–Crippen MR) is 92.6 cm³/mol. The summed E-state index contributed by atoms with van der Waals surface area (Å²) in [6.45, 7) is 13.3. The molecule has 3 rings (SSSR count). The van der Waals surface area contributed by atoms with Crippen LogP contribution in [0.15, 0.2) is 0 Å². The fourth-order valence-corrected chi connectivity index (χ4v) is 3.89. The number of nitrogens with two attached hydrogens (primary N) is 1. The molecule has 0 aromatic carbocycles. The lowest BCUT2D eigenvalue weighted by molar-refractivity contribution is 0.0895. The van der Waals surface area contributed by atoms with Gasteiger partial charge in [0.05, 0.1) is 18.9 Å². The Morgan fingerprint density at radius 3 is 2.61 bits per heavy atom. The van der Waals surface area contributed by atoms with Gasteiger partial charge in [0.1, 0.15) is 5.82 Å². The monoisotopic (exact) mass is 321 g/mol.